The lowest BCUT2D eigenvalue weighted by atomic mass is 9.82. The van der Waals surface area contributed by atoms with Crippen molar-refractivity contribution in [3.63, 3.8) is 0 Å². The molecule has 0 saturated heterocycles. The first-order valence-electron chi connectivity index (χ1n) is 7.67. The fourth-order valence-electron chi connectivity index (χ4n) is 3.84. The Hall–Kier alpha value is -1.51. The van der Waals surface area contributed by atoms with Crippen molar-refractivity contribution in [3.05, 3.63) is 29.3 Å². The Bertz CT molecular complexity index is 514. The van der Waals surface area contributed by atoms with Crippen LogP contribution in [0.25, 0.3) is 0 Å². The minimum Gasteiger partial charge on any atom is -0.490 e. The molecule has 2 aliphatic carbocycles. The molecule has 3 rings (SSSR count). The van der Waals surface area contributed by atoms with Crippen molar-refractivity contribution >= 4 is 5.71 Å². The molecule has 0 amide bonds. The maximum atomic E-state index is 9.04. The number of rotatable bonds is 2. The van der Waals surface area contributed by atoms with Gasteiger partial charge in [-0.2, -0.15) is 0 Å². The lowest BCUT2D eigenvalue weighted by molar-refractivity contribution is 0.100. The van der Waals surface area contributed by atoms with Crippen molar-refractivity contribution < 1.29 is 9.94 Å². The van der Waals surface area contributed by atoms with Gasteiger partial charge in [-0.05, 0) is 50.0 Å². The molecule has 20 heavy (non-hydrogen) atoms. The molecule has 108 valence electrons. The van der Waals surface area contributed by atoms with Gasteiger partial charge in [0.05, 0.1) is 11.8 Å². The summed E-state index contributed by atoms with van der Waals surface area (Å²) in [4.78, 5) is 0. The first-order valence-corrected chi connectivity index (χ1v) is 7.67. The highest BCUT2D eigenvalue weighted by Crippen LogP contribution is 2.35. The third-order valence-electron chi connectivity index (χ3n) is 4.61. The average Bonchev–Trinajstić information content (AvgIpc) is 2.81. The topological polar surface area (TPSA) is 41.8 Å². The zero-order valence-electron chi connectivity index (χ0n) is 12.3. The molecule has 3 nitrogen and oxygen atoms in total. The molecule has 0 aliphatic heterocycles. The minimum absolute atomic E-state index is 0.329. The number of hydrogen-bond donors (Lipinski definition) is 1. The van der Waals surface area contributed by atoms with E-state index in [1.54, 1.807) is 0 Å². The fraction of sp³-hybridized carbons (Fsp3) is 0.588. The quantitative estimate of drug-likeness (QED) is 0.653. The van der Waals surface area contributed by atoms with Crippen LogP contribution in [-0.4, -0.2) is 17.0 Å². The number of oxime groups is 1. The Morgan fingerprint density at radius 2 is 1.85 bits per heavy atom. The number of hydrogen-bond acceptors (Lipinski definition) is 3. The maximum absolute atomic E-state index is 9.04. The molecule has 2 atom stereocenters. The smallest absolute Gasteiger partial charge is 0.123 e. The summed E-state index contributed by atoms with van der Waals surface area (Å²) in [6.45, 7) is 4.63. The number of fused-ring (bicyclic) bond motifs is 1. The van der Waals surface area contributed by atoms with Gasteiger partial charge >= 0.3 is 0 Å². The summed E-state index contributed by atoms with van der Waals surface area (Å²) in [6, 6.07) is 6.08. The predicted molar refractivity (Wildman–Crippen MR) is 79.7 cm³/mol. The zero-order valence-corrected chi connectivity index (χ0v) is 12.3. The van der Waals surface area contributed by atoms with Crippen molar-refractivity contribution in [2.75, 3.05) is 0 Å². The zero-order chi connectivity index (χ0) is 14.1. The van der Waals surface area contributed by atoms with E-state index in [1.807, 2.05) is 12.1 Å². The first kappa shape index (κ1) is 13.5. The van der Waals surface area contributed by atoms with Crippen molar-refractivity contribution in [1.29, 1.82) is 0 Å². The molecule has 0 bridgehead atoms. The van der Waals surface area contributed by atoms with Crippen LogP contribution < -0.4 is 4.74 Å². The summed E-state index contributed by atoms with van der Waals surface area (Å²) in [5.41, 5.74) is 3.06. The van der Waals surface area contributed by atoms with E-state index in [0.717, 1.165) is 54.5 Å². The Kier molecular flexibility index (Phi) is 3.68. The second-order valence-electron chi connectivity index (χ2n) is 6.49. The maximum Gasteiger partial charge on any atom is 0.123 e. The van der Waals surface area contributed by atoms with Crippen LogP contribution in [0.2, 0.25) is 0 Å². The molecule has 3 heteroatoms. The summed E-state index contributed by atoms with van der Waals surface area (Å²) in [5, 5.41) is 12.4. The van der Waals surface area contributed by atoms with Gasteiger partial charge in [-0.25, -0.2) is 0 Å². The molecule has 1 aromatic carbocycles. The monoisotopic (exact) mass is 273 g/mol. The molecule has 1 saturated carbocycles. The van der Waals surface area contributed by atoms with Gasteiger partial charge in [0.1, 0.15) is 5.75 Å². The van der Waals surface area contributed by atoms with E-state index in [1.165, 1.54) is 12.0 Å². The van der Waals surface area contributed by atoms with E-state index in [4.69, 9.17) is 9.94 Å². The molecular weight excluding hydrogens is 250 g/mol. The largest absolute Gasteiger partial charge is 0.490 e. The number of benzene rings is 1. The molecule has 2 unspecified atom stereocenters. The van der Waals surface area contributed by atoms with Crippen molar-refractivity contribution in [1.82, 2.24) is 0 Å². The van der Waals surface area contributed by atoms with E-state index in [0.29, 0.717) is 6.10 Å². The Labute approximate surface area is 120 Å². The Balaban J connectivity index is 1.80. The van der Waals surface area contributed by atoms with Gasteiger partial charge in [-0.1, -0.05) is 31.1 Å². The van der Waals surface area contributed by atoms with Gasteiger partial charge in [0.2, 0.25) is 0 Å². The standard InChI is InChI=1S/C17H23NO2/c1-11-8-12(2)10-13(9-11)20-17-5-3-4-14-15(17)6-7-16(14)18-19/h3-5,11-13,19H,6-10H2,1-2H3. The molecule has 0 radical (unpaired) electrons. The van der Waals surface area contributed by atoms with Crippen LogP contribution in [0.4, 0.5) is 0 Å². The summed E-state index contributed by atoms with van der Waals surface area (Å²) in [6.07, 6.45) is 5.67. The summed E-state index contributed by atoms with van der Waals surface area (Å²) >= 11 is 0. The Morgan fingerprint density at radius 1 is 1.10 bits per heavy atom. The van der Waals surface area contributed by atoms with Crippen LogP contribution in [-0.2, 0) is 6.42 Å². The van der Waals surface area contributed by atoms with Gasteiger partial charge in [-0.3, -0.25) is 0 Å². The molecule has 1 fully saturated rings. The molecule has 2 aliphatic rings. The van der Waals surface area contributed by atoms with E-state index in [9.17, 15) is 0 Å². The summed E-state index contributed by atoms with van der Waals surface area (Å²) in [7, 11) is 0. The molecule has 0 aromatic heterocycles. The van der Waals surface area contributed by atoms with Crippen LogP contribution in [0.5, 0.6) is 5.75 Å². The normalized spacial score (nSPS) is 31.3. The van der Waals surface area contributed by atoms with Crippen LogP contribution in [0.1, 0.15) is 50.7 Å². The lowest BCUT2D eigenvalue weighted by Crippen LogP contribution is -2.28. The van der Waals surface area contributed by atoms with Crippen molar-refractivity contribution in [2.45, 2.75) is 52.1 Å². The third kappa shape index (κ3) is 2.54. The van der Waals surface area contributed by atoms with Gasteiger partial charge in [0, 0.05) is 11.1 Å². The second-order valence-corrected chi connectivity index (χ2v) is 6.49. The highest BCUT2D eigenvalue weighted by atomic mass is 16.5. The molecular formula is C17H23NO2. The lowest BCUT2D eigenvalue weighted by Gasteiger charge is -2.32. The van der Waals surface area contributed by atoms with Gasteiger partial charge < -0.3 is 9.94 Å². The van der Waals surface area contributed by atoms with Gasteiger partial charge in [-0.15, -0.1) is 0 Å². The first-order chi connectivity index (χ1) is 9.67. The third-order valence-corrected chi connectivity index (χ3v) is 4.61. The highest BCUT2D eigenvalue weighted by molar-refractivity contribution is 6.04. The minimum atomic E-state index is 0.329. The summed E-state index contributed by atoms with van der Waals surface area (Å²) in [5.74, 6) is 2.48. The Morgan fingerprint density at radius 3 is 2.55 bits per heavy atom. The fourth-order valence-corrected chi connectivity index (χ4v) is 3.84. The molecule has 1 aromatic rings. The van der Waals surface area contributed by atoms with Crippen LogP contribution in [0, 0.1) is 11.8 Å². The van der Waals surface area contributed by atoms with Crippen LogP contribution in [0.3, 0.4) is 0 Å². The average molecular weight is 273 g/mol. The molecule has 0 heterocycles. The van der Waals surface area contributed by atoms with E-state index in [2.05, 4.69) is 25.1 Å². The van der Waals surface area contributed by atoms with Crippen molar-refractivity contribution in [3.8, 4) is 5.75 Å². The predicted octanol–water partition coefficient (Wildman–Crippen LogP) is 4.01. The van der Waals surface area contributed by atoms with Gasteiger partial charge in [0.25, 0.3) is 0 Å². The van der Waals surface area contributed by atoms with E-state index >= 15 is 0 Å². The SMILES string of the molecule is CC1CC(C)CC(Oc2cccc3c2CCC3=NO)C1. The van der Waals surface area contributed by atoms with Gasteiger partial charge in [0.15, 0.2) is 0 Å². The molecule has 0 spiro atoms. The van der Waals surface area contributed by atoms with Crippen molar-refractivity contribution in [2.24, 2.45) is 17.0 Å². The molecule has 1 N–H and O–H groups in total. The van der Waals surface area contributed by atoms with Crippen LogP contribution in [0.15, 0.2) is 23.4 Å². The number of nitrogens with zero attached hydrogens (tertiary/aromatic N) is 1. The second kappa shape index (κ2) is 5.47. The highest BCUT2D eigenvalue weighted by Gasteiger charge is 2.27. The van der Waals surface area contributed by atoms with E-state index in [-0.39, 0.29) is 0 Å². The van der Waals surface area contributed by atoms with Crippen LogP contribution >= 0.6 is 0 Å². The number of ether oxygens (including phenoxy) is 1. The summed E-state index contributed by atoms with van der Waals surface area (Å²) < 4.78 is 6.30. The van der Waals surface area contributed by atoms with E-state index < -0.39 is 0 Å².